The Hall–Kier alpha value is -3.68. The van der Waals surface area contributed by atoms with Crippen LogP contribution >= 0.6 is 0 Å². The van der Waals surface area contributed by atoms with Gasteiger partial charge in [0.15, 0.2) is 0 Å². The first-order chi connectivity index (χ1) is 16.0. The molecule has 3 aromatic carbocycles. The maximum atomic E-state index is 12.7. The van der Waals surface area contributed by atoms with Gasteiger partial charge in [-0.2, -0.15) is 0 Å². The van der Waals surface area contributed by atoms with Crippen LogP contribution in [0.2, 0.25) is 0 Å². The number of fused-ring (bicyclic) bond motifs is 2. The van der Waals surface area contributed by atoms with Crippen molar-refractivity contribution in [2.24, 2.45) is 11.4 Å². The predicted octanol–water partition coefficient (Wildman–Crippen LogP) is 5.55. The van der Waals surface area contributed by atoms with E-state index in [0.29, 0.717) is 17.6 Å². The molecule has 7 heteroatoms. The summed E-state index contributed by atoms with van der Waals surface area (Å²) in [6, 6.07) is 23.8. The average molecular weight is 457 g/mol. The summed E-state index contributed by atoms with van der Waals surface area (Å²) in [5.41, 5.74) is 4.45. The Morgan fingerprint density at radius 2 is 1.67 bits per heavy atom. The highest BCUT2D eigenvalue weighted by Crippen LogP contribution is 2.36. The molecule has 0 N–H and O–H groups in total. The summed E-state index contributed by atoms with van der Waals surface area (Å²) in [4.78, 5) is 12.7. The van der Waals surface area contributed by atoms with Crippen LogP contribution in [0.4, 0.5) is 5.69 Å². The zero-order valence-electron chi connectivity index (χ0n) is 18.3. The monoisotopic (exact) mass is 456 g/mol. The Balaban J connectivity index is 1.79. The fourth-order valence-electron chi connectivity index (χ4n) is 4.19. The third kappa shape index (κ3) is 3.97. The van der Waals surface area contributed by atoms with Crippen LogP contribution in [0, 0.1) is 0 Å². The van der Waals surface area contributed by atoms with Crippen molar-refractivity contribution in [3.05, 3.63) is 101 Å². The van der Waals surface area contributed by atoms with Crippen LogP contribution in [0.1, 0.15) is 5.56 Å². The molecule has 5 aromatic rings. The lowest BCUT2D eigenvalue weighted by atomic mass is 9.99. The van der Waals surface area contributed by atoms with Crippen LogP contribution < -0.4 is 5.56 Å². The molecular formula is C26H22N3O3S-. The van der Waals surface area contributed by atoms with Gasteiger partial charge in [0.25, 0.3) is 5.56 Å². The van der Waals surface area contributed by atoms with Gasteiger partial charge in [-0.1, -0.05) is 59.4 Å². The Labute approximate surface area is 193 Å². The van der Waals surface area contributed by atoms with Crippen LogP contribution in [0.3, 0.4) is 0 Å². The zero-order chi connectivity index (χ0) is 22.9. The van der Waals surface area contributed by atoms with Crippen molar-refractivity contribution in [1.29, 1.82) is 0 Å². The number of pyridine rings is 1. The van der Waals surface area contributed by atoms with E-state index >= 15 is 0 Å². The average Bonchev–Trinajstić information content (AvgIpc) is 3.24. The minimum atomic E-state index is -1.80. The SMILES string of the molecule is CO[S-](=O)=Nc1cc(-c2cn(C)c(=O)c3ccccc23)cc2c1ccn2Cc1ccccc1. The van der Waals surface area contributed by atoms with Gasteiger partial charge in [-0.25, -0.2) is 0 Å². The standard InChI is InChI=1S/C26H22N3O3S/c1-28-17-23(20-10-6-7-11-21(20)26(28)30)19-14-24(27-33(31)32-2)22-12-13-29(25(22)15-19)16-18-8-4-3-5-9-18/h3-15,17H,16H2,1-2H3/q-1. The molecule has 0 unspecified atom stereocenters. The van der Waals surface area contributed by atoms with Crippen LogP contribution in [0.15, 0.2) is 94.3 Å². The number of hydrogen-bond acceptors (Lipinski definition) is 5. The van der Waals surface area contributed by atoms with Crippen molar-refractivity contribution in [1.82, 2.24) is 9.13 Å². The lowest BCUT2D eigenvalue weighted by molar-refractivity contribution is 0.438. The zero-order valence-corrected chi connectivity index (χ0v) is 19.1. The van der Waals surface area contributed by atoms with E-state index in [1.807, 2.05) is 67.0 Å². The van der Waals surface area contributed by atoms with Gasteiger partial charge in [0, 0.05) is 55.1 Å². The molecule has 5 rings (SSSR count). The number of rotatable bonds is 5. The molecule has 0 bridgehead atoms. The summed E-state index contributed by atoms with van der Waals surface area (Å²) in [5.74, 6) is 0. The predicted molar refractivity (Wildman–Crippen MR) is 133 cm³/mol. The Kier molecular flexibility index (Phi) is 5.58. The quantitative estimate of drug-likeness (QED) is 0.326. The largest absolute Gasteiger partial charge is 0.441 e. The first-order valence-corrected chi connectivity index (χ1v) is 11.5. The first-order valence-electron chi connectivity index (χ1n) is 10.5. The topological polar surface area (TPSA) is 65.6 Å². The van der Waals surface area contributed by atoms with E-state index in [1.54, 1.807) is 11.6 Å². The van der Waals surface area contributed by atoms with Gasteiger partial charge >= 0.3 is 0 Å². The second-order valence-corrected chi connectivity index (χ2v) is 8.79. The van der Waals surface area contributed by atoms with E-state index in [4.69, 9.17) is 4.18 Å². The fraction of sp³-hybridized carbons (Fsp3) is 0.115. The molecule has 33 heavy (non-hydrogen) atoms. The summed E-state index contributed by atoms with van der Waals surface area (Å²) in [6.07, 6.45) is 3.85. The van der Waals surface area contributed by atoms with Gasteiger partial charge in [0.2, 0.25) is 0 Å². The van der Waals surface area contributed by atoms with E-state index in [2.05, 4.69) is 27.1 Å². The van der Waals surface area contributed by atoms with Crippen LogP contribution in [0.25, 0.3) is 32.8 Å². The molecule has 166 valence electrons. The molecule has 0 fully saturated rings. The molecule has 0 atom stereocenters. The van der Waals surface area contributed by atoms with Crippen LogP contribution in [-0.4, -0.2) is 16.2 Å². The molecule has 2 aromatic heterocycles. The van der Waals surface area contributed by atoms with E-state index in [-0.39, 0.29) is 5.56 Å². The third-order valence-electron chi connectivity index (χ3n) is 5.78. The number of benzene rings is 3. The lowest BCUT2D eigenvalue weighted by Crippen LogP contribution is -2.16. The normalized spacial score (nSPS) is 12.5. The van der Waals surface area contributed by atoms with Crippen LogP contribution in [-0.2, 0) is 32.9 Å². The van der Waals surface area contributed by atoms with E-state index in [0.717, 1.165) is 27.4 Å². The van der Waals surface area contributed by atoms with Crippen molar-refractivity contribution in [3.63, 3.8) is 0 Å². The van der Waals surface area contributed by atoms with Gasteiger partial charge in [0.05, 0.1) is 5.52 Å². The number of aryl methyl sites for hydroxylation is 1. The van der Waals surface area contributed by atoms with Crippen molar-refractivity contribution in [2.45, 2.75) is 6.54 Å². The second kappa shape index (κ2) is 8.69. The second-order valence-electron chi connectivity index (χ2n) is 7.84. The molecule has 0 spiro atoms. The summed E-state index contributed by atoms with van der Waals surface area (Å²) >= 11 is 0. The van der Waals surface area contributed by atoms with Gasteiger partial charge < -0.3 is 21.9 Å². The molecule has 0 radical (unpaired) electrons. The maximum absolute atomic E-state index is 12.7. The van der Waals surface area contributed by atoms with Crippen molar-refractivity contribution in [3.8, 4) is 11.1 Å². The first kappa shape index (κ1) is 21.2. The van der Waals surface area contributed by atoms with Crippen LogP contribution in [0.5, 0.6) is 0 Å². The van der Waals surface area contributed by atoms with E-state index in [1.165, 1.54) is 12.7 Å². The number of aromatic nitrogens is 2. The van der Waals surface area contributed by atoms with Gasteiger partial charge in [-0.3, -0.25) is 4.79 Å². The molecule has 0 aliphatic heterocycles. The lowest BCUT2D eigenvalue weighted by Gasteiger charge is -2.13. The molecule has 0 aliphatic rings. The molecule has 0 saturated carbocycles. The molecule has 0 amide bonds. The summed E-state index contributed by atoms with van der Waals surface area (Å²) in [6.45, 7) is 0.689. The maximum Gasteiger partial charge on any atom is 0.258 e. The summed E-state index contributed by atoms with van der Waals surface area (Å²) in [7, 11) is 1.31. The van der Waals surface area contributed by atoms with E-state index < -0.39 is 10.9 Å². The molecule has 6 nitrogen and oxygen atoms in total. The Morgan fingerprint density at radius 3 is 2.42 bits per heavy atom. The van der Waals surface area contributed by atoms with Crippen molar-refractivity contribution in [2.75, 3.05) is 7.11 Å². The highest BCUT2D eigenvalue weighted by atomic mass is 32.2. The Morgan fingerprint density at radius 1 is 0.939 bits per heavy atom. The number of nitrogens with zero attached hydrogens (tertiary/aromatic N) is 3. The highest BCUT2D eigenvalue weighted by molar-refractivity contribution is 7.69. The van der Waals surface area contributed by atoms with Crippen molar-refractivity contribution < 1.29 is 8.39 Å². The molecule has 0 saturated heterocycles. The third-order valence-corrected chi connectivity index (χ3v) is 6.41. The Bertz CT molecular complexity index is 1630. The summed E-state index contributed by atoms with van der Waals surface area (Å²) < 4.78 is 25.1. The number of hydrogen-bond donors (Lipinski definition) is 0. The summed E-state index contributed by atoms with van der Waals surface area (Å²) in [5, 5.41) is 2.39. The van der Waals surface area contributed by atoms with Crippen molar-refractivity contribution >= 4 is 38.2 Å². The van der Waals surface area contributed by atoms with E-state index in [9.17, 15) is 9.00 Å². The molecular weight excluding hydrogens is 434 g/mol. The highest BCUT2D eigenvalue weighted by Gasteiger charge is 2.13. The minimum absolute atomic E-state index is 0.0479. The van der Waals surface area contributed by atoms with Gasteiger partial charge in [-0.05, 0) is 40.8 Å². The van der Waals surface area contributed by atoms with Gasteiger partial charge in [0.1, 0.15) is 0 Å². The minimum Gasteiger partial charge on any atom is -0.441 e. The fourth-order valence-corrected chi connectivity index (χ4v) is 4.58. The molecule has 0 aliphatic carbocycles. The van der Waals surface area contributed by atoms with Gasteiger partial charge in [-0.15, -0.1) is 0 Å². The smallest absolute Gasteiger partial charge is 0.258 e. The molecule has 2 heterocycles.